The van der Waals surface area contributed by atoms with Gasteiger partial charge in [-0.2, -0.15) is 5.10 Å². The van der Waals surface area contributed by atoms with Crippen LogP contribution in [0.3, 0.4) is 0 Å². The molecule has 0 aliphatic rings. The largest absolute Gasteiger partial charge is 0.352 e. The zero-order valence-electron chi connectivity index (χ0n) is 11.1. The Morgan fingerprint density at radius 1 is 1.56 bits per heavy atom. The second-order valence-electron chi connectivity index (χ2n) is 4.45. The van der Waals surface area contributed by atoms with E-state index in [1.54, 1.807) is 11.3 Å². The van der Waals surface area contributed by atoms with E-state index in [-0.39, 0.29) is 0 Å². The minimum absolute atomic E-state index is 0.321. The van der Waals surface area contributed by atoms with E-state index in [9.17, 15) is 0 Å². The fourth-order valence-corrected chi connectivity index (χ4v) is 3.33. The van der Waals surface area contributed by atoms with E-state index < -0.39 is 0 Å². The third-order valence-electron chi connectivity index (χ3n) is 3.32. The van der Waals surface area contributed by atoms with Gasteiger partial charge in [0.2, 0.25) is 0 Å². The van der Waals surface area contributed by atoms with E-state index in [4.69, 9.17) is 11.6 Å². The molecule has 2 aromatic rings. The van der Waals surface area contributed by atoms with Gasteiger partial charge in [-0.3, -0.25) is 4.68 Å². The SMILES string of the molecule is Cc1nn(C)c(N(C)C(C)c2cccs2)c1CCl. The third-order valence-corrected chi connectivity index (χ3v) is 4.63. The van der Waals surface area contributed by atoms with Gasteiger partial charge in [0, 0.05) is 24.5 Å². The van der Waals surface area contributed by atoms with Gasteiger partial charge in [0.05, 0.1) is 17.6 Å². The molecule has 0 saturated heterocycles. The van der Waals surface area contributed by atoms with Gasteiger partial charge in [-0.1, -0.05) is 6.07 Å². The first-order valence-electron chi connectivity index (χ1n) is 5.91. The zero-order valence-corrected chi connectivity index (χ0v) is 12.7. The number of aromatic nitrogens is 2. The summed E-state index contributed by atoms with van der Waals surface area (Å²) < 4.78 is 1.91. The predicted octanol–water partition coefficient (Wildman–Crippen LogP) is 3.73. The summed E-state index contributed by atoms with van der Waals surface area (Å²) in [5.41, 5.74) is 2.12. The summed E-state index contributed by atoms with van der Waals surface area (Å²) in [6.45, 7) is 4.21. The highest BCUT2D eigenvalue weighted by Crippen LogP contribution is 2.32. The number of rotatable bonds is 4. The Bertz CT molecular complexity index is 519. The van der Waals surface area contributed by atoms with Gasteiger partial charge in [0.25, 0.3) is 0 Å². The summed E-state index contributed by atoms with van der Waals surface area (Å²) in [6, 6.07) is 4.57. The smallest absolute Gasteiger partial charge is 0.131 e. The molecule has 0 bridgehead atoms. The van der Waals surface area contributed by atoms with E-state index >= 15 is 0 Å². The van der Waals surface area contributed by atoms with E-state index in [1.165, 1.54) is 4.88 Å². The number of aryl methyl sites for hydroxylation is 2. The molecule has 0 aromatic carbocycles. The molecule has 2 rings (SSSR count). The number of alkyl halides is 1. The number of halogens is 1. The highest BCUT2D eigenvalue weighted by atomic mass is 35.5. The third kappa shape index (κ3) is 2.27. The van der Waals surface area contributed by atoms with Crippen LogP contribution in [0.4, 0.5) is 5.82 Å². The van der Waals surface area contributed by atoms with Crippen molar-refractivity contribution in [2.45, 2.75) is 25.8 Å². The van der Waals surface area contributed by atoms with E-state index in [0.717, 1.165) is 17.1 Å². The van der Waals surface area contributed by atoms with Crippen LogP contribution in [0.1, 0.15) is 29.1 Å². The molecule has 5 heteroatoms. The van der Waals surface area contributed by atoms with Crippen LogP contribution in [-0.4, -0.2) is 16.8 Å². The first-order chi connectivity index (χ1) is 8.56. The molecule has 98 valence electrons. The lowest BCUT2D eigenvalue weighted by molar-refractivity contribution is 0.678. The van der Waals surface area contributed by atoms with Crippen LogP contribution >= 0.6 is 22.9 Å². The first kappa shape index (κ1) is 13.4. The molecule has 1 unspecified atom stereocenters. The Morgan fingerprint density at radius 2 is 2.28 bits per heavy atom. The molecule has 2 aromatic heterocycles. The number of hydrogen-bond acceptors (Lipinski definition) is 3. The van der Waals surface area contributed by atoms with Crippen molar-refractivity contribution in [2.75, 3.05) is 11.9 Å². The van der Waals surface area contributed by atoms with E-state index in [2.05, 4.69) is 41.5 Å². The van der Waals surface area contributed by atoms with Crippen molar-refractivity contribution in [3.8, 4) is 0 Å². The van der Waals surface area contributed by atoms with Crippen molar-refractivity contribution < 1.29 is 0 Å². The molecular weight excluding hydrogens is 266 g/mol. The Balaban J connectivity index is 2.36. The molecule has 0 fully saturated rings. The second-order valence-corrected chi connectivity index (χ2v) is 5.69. The van der Waals surface area contributed by atoms with Gasteiger partial charge in [0.15, 0.2) is 0 Å². The molecule has 0 radical (unpaired) electrons. The van der Waals surface area contributed by atoms with Crippen LogP contribution in [0.25, 0.3) is 0 Å². The molecular formula is C13H18ClN3S. The van der Waals surface area contributed by atoms with Crippen molar-refractivity contribution in [3.05, 3.63) is 33.6 Å². The number of nitrogens with zero attached hydrogens (tertiary/aromatic N) is 3. The molecule has 3 nitrogen and oxygen atoms in total. The highest BCUT2D eigenvalue weighted by molar-refractivity contribution is 7.10. The van der Waals surface area contributed by atoms with E-state index in [0.29, 0.717) is 11.9 Å². The quantitative estimate of drug-likeness (QED) is 0.797. The zero-order chi connectivity index (χ0) is 13.3. The average Bonchev–Trinajstić information content (AvgIpc) is 2.94. The summed E-state index contributed by atoms with van der Waals surface area (Å²) in [5.74, 6) is 1.60. The number of thiophene rings is 1. The van der Waals surface area contributed by atoms with Gasteiger partial charge in [-0.25, -0.2) is 0 Å². The minimum Gasteiger partial charge on any atom is -0.352 e. The van der Waals surface area contributed by atoms with E-state index in [1.807, 2.05) is 18.7 Å². The topological polar surface area (TPSA) is 21.1 Å². The normalized spacial score (nSPS) is 12.7. The fraction of sp³-hybridized carbons (Fsp3) is 0.462. The Kier molecular flexibility index (Phi) is 3.97. The lowest BCUT2D eigenvalue weighted by Crippen LogP contribution is -2.24. The van der Waals surface area contributed by atoms with Crippen LogP contribution in [0.2, 0.25) is 0 Å². The van der Waals surface area contributed by atoms with Gasteiger partial charge in [0.1, 0.15) is 5.82 Å². The van der Waals surface area contributed by atoms with Crippen molar-refractivity contribution in [2.24, 2.45) is 7.05 Å². The molecule has 0 aliphatic heterocycles. The molecule has 0 amide bonds. The highest BCUT2D eigenvalue weighted by Gasteiger charge is 2.21. The Morgan fingerprint density at radius 3 is 2.83 bits per heavy atom. The number of anilines is 1. The molecule has 0 spiro atoms. The molecule has 2 heterocycles. The molecule has 0 saturated carbocycles. The minimum atomic E-state index is 0.321. The summed E-state index contributed by atoms with van der Waals surface area (Å²) in [5, 5.41) is 6.57. The van der Waals surface area contributed by atoms with Crippen LogP contribution in [-0.2, 0) is 12.9 Å². The Hall–Kier alpha value is -1.00. The maximum absolute atomic E-state index is 6.05. The lowest BCUT2D eigenvalue weighted by Gasteiger charge is -2.27. The van der Waals surface area contributed by atoms with Gasteiger partial charge < -0.3 is 4.90 Å². The molecule has 0 N–H and O–H groups in total. The number of hydrogen-bond donors (Lipinski definition) is 0. The standard InChI is InChI=1S/C13H18ClN3S/c1-9-11(8-14)13(17(4)15-9)16(3)10(2)12-6-5-7-18-12/h5-7,10H,8H2,1-4H3. The van der Waals surface area contributed by atoms with Crippen LogP contribution in [0.15, 0.2) is 17.5 Å². The fourth-order valence-electron chi connectivity index (χ4n) is 2.19. The molecule has 18 heavy (non-hydrogen) atoms. The maximum Gasteiger partial charge on any atom is 0.131 e. The van der Waals surface area contributed by atoms with Crippen molar-refractivity contribution in [3.63, 3.8) is 0 Å². The Labute approximate surface area is 117 Å². The van der Waals surface area contributed by atoms with Crippen LogP contribution < -0.4 is 4.90 Å². The lowest BCUT2D eigenvalue weighted by atomic mass is 10.2. The summed E-state index contributed by atoms with van der Waals surface area (Å²) >= 11 is 7.82. The average molecular weight is 284 g/mol. The molecule has 0 aliphatic carbocycles. The predicted molar refractivity (Wildman–Crippen MR) is 78.6 cm³/mol. The van der Waals surface area contributed by atoms with Crippen LogP contribution in [0.5, 0.6) is 0 Å². The second kappa shape index (κ2) is 5.33. The van der Waals surface area contributed by atoms with Crippen molar-refractivity contribution in [1.82, 2.24) is 9.78 Å². The van der Waals surface area contributed by atoms with Crippen molar-refractivity contribution >= 4 is 28.8 Å². The first-order valence-corrected chi connectivity index (χ1v) is 7.32. The van der Waals surface area contributed by atoms with Crippen LogP contribution in [0, 0.1) is 6.92 Å². The summed E-state index contributed by atoms with van der Waals surface area (Å²) in [4.78, 5) is 3.58. The monoisotopic (exact) mass is 283 g/mol. The molecule has 1 atom stereocenters. The van der Waals surface area contributed by atoms with Gasteiger partial charge in [-0.05, 0) is 25.3 Å². The van der Waals surface area contributed by atoms with Gasteiger partial charge in [-0.15, -0.1) is 22.9 Å². The summed E-state index contributed by atoms with van der Waals surface area (Å²) in [7, 11) is 4.06. The van der Waals surface area contributed by atoms with Gasteiger partial charge >= 0.3 is 0 Å². The summed E-state index contributed by atoms with van der Waals surface area (Å²) in [6.07, 6.45) is 0. The maximum atomic E-state index is 6.05. The van der Waals surface area contributed by atoms with Crippen molar-refractivity contribution in [1.29, 1.82) is 0 Å².